The van der Waals surface area contributed by atoms with Gasteiger partial charge in [0.15, 0.2) is 0 Å². The van der Waals surface area contributed by atoms with Crippen molar-refractivity contribution in [2.45, 2.75) is 24.9 Å². The lowest BCUT2D eigenvalue weighted by Gasteiger charge is -2.32. The largest absolute Gasteiger partial charge is 0.423 e. The molecule has 1 aromatic carbocycles. The average Bonchev–Trinajstić information content (AvgIpc) is 2.99. The first-order valence-electron chi connectivity index (χ1n) is 8.04. The van der Waals surface area contributed by atoms with Crippen LogP contribution in [0.4, 0.5) is 15.3 Å². The molecule has 0 spiro atoms. The van der Waals surface area contributed by atoms with Gasteiger partial charge in [-0.2, -0.15) is 0 Å². The number of imide groups is 1. The zero-order valence-electron chi connectivity index (χ0n) is 14.8. The zero-order valence-corrected chi connectivity index (χ0v) is 14.8. The summed E-state index contributed by atoms with van der Waals surface area (Å²) in [4.78, 5) is 29.1. The van der Waals surface area contributed by atoms with Crippen molar-refractivity contribution in [1.29, 1.82) is 0 Å². The third kappa shape index (κ3) is 2.31. The quantitative estimate of drug-likeness (QED) is 0.850. The number of likely N-dealkylation sites (N-methyl/N-ethyl adjacent to an activating group) is 2. The van der Waals surface area contributed by atoms with Crippen LogP contribution < -0.4 is 15.0 Å². The van der Waals surface area contributed by atoms with E-state index in [1.807, 2.05) is 12.1 Å². The molecule has 7 heteroatoms. The van der Waals surface area contributed by atoms with Crippen LogP contribution in [0.15, 0.2) is 18.2 Å². The van der Waals surface area contributed by atoms with Gasteiger partial charge < -0.3 is 15.0 Å². The molecule has 3 amide bonds. The Morgan fingerprint density at radius 3 is 2.75 bits per heavy atom. The number of amides is 3. The number of hydrogen-bond donors (Lipinski definition) is 1. The highest BCUT2D eigenvalue weighted by Crippen LogP contribution is 2.51. The van der Waals surface area contributed by atoms with Crippen molar-refractivity contribution >= 4 is 17.8 Å². The van der Waals surface area contributed by atoms with E-state index in [1.165, 1.54) is 19.7 Å². The molecule has 2 atom stereocenters. The summed E-state index contributed by atoms with van der Waals surface area (Å²) in [7, 11) is 7.08. The number of rotatable bonds is 1. The molecule has 0 unspecified atom stereocenters. The molecule has 0 saturated carbocycles. The SMILES string of the molecule is CNC(=O)N(C)C(=O)Oc1ccc2c(c1)[C@]1(C)CCN(C)[C@@H]1N2C. The highest BCUT2D eigenvalue weighted by molar-refractivity contribution is 5.91. The lowest BCUT2D eigenvalue weighted by molar-refractivity contribution is 0.163. The molecule has 0 aromatic heterocycles. The van der Waals surface area contributed by atoms with Gasteiger partial charge in [0.1, 0.15) is 5.75 Å². The van der Waals surface area contributed by atoms with Gasteiger partial charge in [-0.15, -0.1) is 0 Å². The summed E-state index contributed by atoms with van der Waals surface area (Å²) in [5.41, 5.74) is 2.36. The summed E-state index contributed by atoms with van der Waals surface area (Å²) >= 11 is 0. The molecule has 2 heterocycles. The van der Waals surface area contributed by atoms with Crippen LogP contribution in [-0.2, 0) is 5.41 Å². The van der Waals surface area contributed by atoms with Gasteiger partial charge in [-0.05, 0) is 37.2 Å². The zero-order chi connectivity index (χ0) is 17.6. The predicted octanol–water partition coefficient (Wildman–Crippen LogP) is 1.83. The molecule has 130 valence electrons. The fraction of sp³-hybridized carbons (Fsp3) is 0.529. The highest BCUT2D eigenvalue weighted by Gasteiger charge is 2.52. The number of fused-ring (bicyclic) bond motifs is 3. The Morgan fingerprint density at radius 1 is 1.38 bits per heavy atom. The standard InChI is InChI=1S/C17H24N4O3/c1-17-8-9-19(3)14(17)20(4)13-7-6-11(10-12(13)17)24-16(23)21(5)15(22)18-2/h6-7,10,14H,8-9H2,1-5H3,(H,18,22)/t14-,17+/m1/s1. The van der Waals surface area contributed by atoms with Crippen molar-refractivity contribution in [2.75, 3.05) is 39.6 Å². The number of benzene rings is 1. The number of nitrogens with one attached hydrogen (secondary N) is 1. The Labute approximate surface area is 142 Å². The van der Waals surface area contributed by atoms with Gasteiger partial charge in [0, 0.05) is 38.8 Å². The van der Waals surface area contributed by atoms with Crippen LogP contribution in [0.3, 0.4) is 0 Å². The Kier molecular flexibility index (Phi) is 3.91. The van der Waals surface area contributed by atoms with Gasteiger partial charge in [-0.3, -0.25) is 4.90 Å². The van der Waals surface area contributed by atoms with Crippen molar-refractivity contribution < 1.29 is 14.3 Å². The molecule has 0 aliphatic carbocycles. The van der Waals surface area contributed by atoms with Crippen LogP contribution in [0, 0.1) is 0 Å². The maximum atomic E-state index is 12.1. The van der Waals surface area contributed by atoms with E-state index in [-0.39, 0.29) is 5.41 Å². The first-order valence-corrected chi connectivity index (χ1v) is 8.04. The number of likely N-dealkylation sites (tertiary alicyclic amines) is 1. The van der Waals surface area contributed by atoms with Gasteiger partial charge >= 0.3 is 12.1 Å². The summed E-state index contributed by atoms with van der Waals surface area (Å²) in [6.07, 6.45) is 0.666. The van der Waals surface area contributed by atoms with E-state index < -0.39 is 12.1 Å². The summed E-state index contributed by atoms with van der Waals surface area (Å²) in [5.74, 6) is 0.458. The molecular weight excluding hydrogens is 308 g/mol. The minimum absolute atomic E-state index is 0.00788. The molecule has 1 aromatic rings. The van der Waals surface area contributed by atoms with Crippen LogP contribution in [-0.4, -0.2) is 62.8 Å². The van der Waals surface area contributed by atoms with Gasteiger partial charge in [0.25, 0.3) is 0 Å². The maximum Gasteiger partial charge on any atom is 0.423 e. The first kappa shape index (κ1) is 16.6. The molecule has 0 bridgehead atoms. The molecule has 3 rings (SSSR count). The highest BCUT2D eigenvalue weighted by atomic mass is 16.6. The van der Waals surface area contributed by atoms with Gasteiger partial charge in [-0.25, -0.2) is 14.5 Å². The normalized spacial score (nSPS) is 25.2. The summed E-state index contributed by atoms with van der Waals surface area (Å²) in [6.45, 7) is 3.29. The van der Waals surface area contributed by atoms with Crippen molar-refractivity contribution in [2.24, 2.45) is 0 Å². The Morgan fingerprint density at radius 2 is 2.08 bits per heavy atom. The van der Waals surface area contributed by atoms with E-state index in [0.29, 0.717) is 11.9 Å². The fourth-order valence-electron chi connectivity index (χ4n) is 4.04. The minimum Gasteiger partial charge on any atom is -0.410 e. The van der Waals surface area contributed by atoms with E-state index in [2.05, 4.69) is 36.1 Å². The molecule has 1 fully saturated rings. The topological polar surface area (TPSA) is 65.1 Å². The monoisotopic (exact) mass is 332 g/mol. The van der Waals surface area contributed by atoms with Gasteiger partial charge in [-0.1, -0.05) is 6.92 Å². The molecule has 1 N–H and O–H groups in total. The smallest absolute Gasteiger partial charge is 0.410 e. The van der Waals surface area contributed by atoms with Crippen LogP contribution >= 0.6 is 0 Å². The number of anilines is 1. The number of carbonyl (C=O) groups is 2. The average molecular weight is 332 g/mol. The summed E-state index contributed by atoms with van der Waals surface area (Å²) < 4.78 is 5.37. The minimum atomic E-state index is -0.703. The molecule has 2 aliphatic heterocycles. The molecule has 1 saturated heterocycles. The summed E-state index contributed by atoms with van der Waals surface area (Å²) in [6, 6.07) is 5.18. The number of ether oxygens (including phenoxy) is 1. The third-order valence-corrected chi connectivity index (χ3v) is 5.30. The van der Waals surface area contributed by atoms with E-state index in [9.17, 15) is 9.59 Å². The molecule has 0 radical (unpaired) electrons. The van der Waals surface area contributed by atoms with E-state index >= 15 is 0 Å². The van der Waals surface area contributed by atoms with Gasteiger partial charge in [0.2, 0.25) is 0 Å². The van der Waals surface area contributed by atoms with Crippen LogP contribution in [0.1, 0.15) is 18.9 Å². The molecular formula is C17H24N4O3. The molecule has 24 heavy (non-hydrogen) atoms. The Bertz CT molecular complexity index is 692. The predicted molar refractivity (Wildman–Crippen MR) is 91.5 cm³/mol. The number of nitrogens with zero attached hydrogens (tertiary/aromatic N) is 3. The second kappa shape index (κ2) is 5.66. The molecule has 2 aliphatic rings. The Balaban J connectivity index is 1.87. The van der Waals surface area contributed by atoms with Crippen molar-refractivity contribution in [3.05, 3.63) is 23.8 Å². The second-order valence-electron chi connectivity index (χ2n) is 6.79. The van der Waals surface area contributed by atoms with Crippen molar-refractivity contribution in [3.63, 3.8) is 0 Å². The molecule has 7 nitrogen and oxygen atoms in total. The van der Waals surface area contributed by atoms with Gasteiger partial charge in [0.05, 0.1) is 6.17 Å². The van der Waals surface area contributed by atoms with Crippen LogP contribution in [0.25, 0.3) is 0 Å². The number of urea groups is 1. The van der Waals surface area contributed by atoms with E-state index in [0.717, 1.165) is 23.6 Å². The fourth-order valence-corrected chi connectivity index (χ4v) is 4.04. The lowest BCUT2D eigenvalue weighted by Crippen LogP contribution is -2.45. The lowest BCUT2D eigenvalue weighted by atomic mass is 9.81. The third-order valence-electron chi connectivity index (χ3n) is 5.30. The van der Waals surface area contributed by atoms with Crippen LogP contribution in [0.5, 0.6) is 5.75 Å². The maximum absolute atomic E-state index is 12.1. The van der Waals surface area contributed by atoms with E-state index in [4.69, 9.17) is 4.74 Å². The van der Waals surface area contributed by atoms with Crippen molar-refractivity contribution in [3.8, 4) is 5.75 Å². The Hall–Kier alpha value is -2.28. The van der Waals surface area contributed by atoms with Crippen molar-refractivity contribution in [1.82, 2.24) is 15.1 Å². The second-order valence-corrected chi connectivity index (χ2v) is 6.79. The van der Waals surface area contributed by atoms with E-state index in [1.54, 1.807) is 6.07 Å². The summed E-state index contributed by atoms with van der Waals surface area (Å²) in [5, 5.41) is 2.39. The van der Waals surface area contributed by atoms with Crippen LogP contribution in [0.2, 0.25) is 0 Å². The number of carbonyl (C=O) groups excluding carboxylic acids is 2. The number of hydrogen-bond acceptors (Lipinski definition) is 5. The first-order chi connectivity index (χ1) is 11.3.